The second-order valence-electron chi connectivity index (χ2n) is 4.87. The van der Waals surface area contributed by atoms with E-state index in [9.17, 15) is 0 Å². The maximum Gasteiger partial charge on any atom is 0.0739 e. The number of aryl methyl sites for hydroxylation is 2. The zero-order valence-electron chi connectivity index (χ0n) is 11.4. The lowest BCUT2D eigenvalue weighted by atomic mass is 10.1. The Balaban J connectivity index is 2.41. The van der Waals surface area contributed by atoms with Crippen molar-refractivity contribution in [1.29, 1.82) is 0 Å². The molecule has 0 aliphatic carbocycles. The molecule has 1 aromatic rings. The first-order chi connectivity index (χ1) is 8.06. The Morgan fingerprint density at radius 2 is 2.12 bits per heavy atom. The predicted molar refractivity (Wildman–Crippen MR) is 76.1 cm³/mol. The molecule has 0 aliphatic heterocycles. The van der Waals surface area contributed by atoms with Gasteiger partial charge in [-0.25, -0.2) is 0 Å². The van der Waals surface area contributed by atoms with E-state index in [4.69, 9.17) is 0 Å². The van der Waals surface area contributed by atoms with Gasteiger partial charge in [-0.3, -0.25) is 4.68 Å². The summed E-state index contributed by atoms with van der Waals surface area (Å²) in [4.78, 5) is 0. The molecule has 0 aromatic carbocycles. The van der Waals surface area contributed by atoms with E-state index in [0.717, 1.165) is 35.7 Å². The first-order valence-corrected chi connectivity index (χ1v) is 7.28. The summed E-state index contributed by atoms with van der Waals surface area (Å²) in [5.41, 5.74) is 2.33. The maximum atomic E-state index is 4.49. The van der Waals surface area contributed by atoms with Gasteiger partial charge in [-0.15, -0.1) is 0 Å². The van der Waals surface area contributed by atoms with Crippen molar-refractivity contribution in [2.24, 2.45) is 5.92 Å². The third kappa shape index (κ3) is 4.43. The number of hydrogen-bond donors (Lipinski definition) is 1. The molecular formula is C13H24BrN3. The van der Waals surface area contributed by atoms with Crippen LogP contribution in [0.2, 0.25) is 0 Å². The molecule has 0 saturated carbocycles. The monoisotopic (exact) mass is 301 g/mol. The van der Waals surface area contributed by atoms with E-state index in [1.807, 2.05) is 6.92 Å². The van der Waals surface area contributed by atoms with Crippen LogP contribution in [0.15, 0.2) is 4.47 Å². The molecule has 17 heavy (non-hydrogen) atoms. The summed E-state index contributed by atoms with van der Waals surface area (Å²) in [6, 6.07) is 0. The molecule has 0 unspecified atom stereocenters. The van der Waals surface area contributed by atoms with E-state index < -0.39 is 0 Å². The van der Waals surface area contributed by atoms with Gasteiger partial charge in [-0.1, -0.05) is 13.8 Å². The minimum atomic E-state index is 0.798. The molecule has 0 saturated heterocycles. The van der Waals surface area contributed by atoms with Crippen molar-refractivity contribution in [2.45, 2.75) is 53.6 Å². The first kappa shape index (κ1) is 14.7. The van der Waals surface area contributed by atoms with Crippen molar-refractivity contribution in [2.75, 3.05) is 6.54 Å². The summed E-state index contributed by atoms with van der Waals surface area (Å²) in [6.07, 6.45) is 2.54. The van der Waals surface area contributed by atoms with E-state index >= 15 is 0 Å². The Kier molecular flexibility index (Phi) is 6.20. The normalized spacial score (nSPS) is 11.4. The average Bonchev–Trinajstić information content (AvgIpc) is 2.55. The zero-order valence-corrected chi connectivity index (χ0v) is 13.0. The van der Waals surface area contributed by atoms with Crippen molar-refractivity contribution in [1.82, 2.24) is 15.1 Å². The number of hydrogen-bond acceptors (Lipinski definition) is 2. The van der Waals surface area contributed by atoms with Crippen LogP contribution in [-0.2, 0) is 13.1 Å². The van der Waals surface area contributed by atoms with Gasteiger partial charge in [-0.2, -0.15) is 5.10 Å². The maximum absolute atomic E-state index is 4.49. The molecule has 1 aromatic heterocycles. The molecule has 0 radical (unpaired) electrons. The number of nitrogens with one attached hydrogen (secondary N) is 1. The van der Waals surface area contributed by atoms with Crippen molar-refractivity contribution >= 4 is 15.9 Å². The van der Waals surface area contributed by atoms with Gasteiger partial charge in [0.1, 0.15) is 0 Å². The fourth-order valence-corrected chi connectivity index (χ4v) is 2.30. The van der Waals surface area contributed by atoms with Gasteiger partial charge in [0, 0.05) is 13.1 Å². The Morgan fingerprint density at radius 1 is 1.41 bits per heavy atom. The fraction of sp³-hybridized carbons (Fsp3) is 0.769. The second kappa shape index (κ2) is 7.17. The summed E-state index contributed by atoms with van der Waals surface area (Å²) in [6.45, 7) is 11.6. The molecule has 1 heterocycles. The number of halogens is 1. The second-order valence-corrected chi connectivity index (χ2v) is 5.67. The lowest BCUT2D eigenvalue weighted by molar-refractivity contribution is 0.515. The molecule has 0 atom stereocenters. The third-order valence-electron chi connectivity index (χ3n) is 2.88. The van der Waals surface area contributed by atoms with Crippen LogP contribution in [-0.4, -0.2) is 16.3 Å². The highest BCUT2D eigenvalue weighted by Crippen LogP contribution is 2.20. The summed E-state index contributed by atoms with van der Waals surface area (Å²) >= 11 is 3.61. The zero-order chi connectivity index (χ0) is 12.8. The standard InChI is InChI=1S/C13H24BrN3/c1-5-17-12(13(14)11(4)16-17)9-15-8-6-7-10(2)3/h10,15H,5-9H2,1-4H3. The minimum absolute atomic E-state index is 0.798. The molecule has 0 fully saturated rings. The SMILES string of the molecule is CCn1nc(C)c(Br)c1CNCCCC(C)C. The lowest BCUT2D eigenvalue weighted by Crippen LogP contribution is -2.18. The Hall–Kier alpha value is -0.350. The fourth-order valence-electron chi connectivity index (χ4n) is 1.88. The Morgan fingerprint density at radius 3 is 2.71 bits per heavy atom. The molecule has 0 spiro atoms. The van der Waals surface area contributed by atoms with Gasteiger partial charge in [0.15, 0.2) is 0 Å². The summed E-state index contributed by atoms with van der Waals surface area (Å²) in [7, 11) is 0. The lowest BCUT2D eigenvalue weighted by Gasteiger charge is -2.08. The van der Waals surface area contributed by atoms with Gasteiger partial charge in [0.2, 0.25) is 0 Å². The quantitative estimate of drug-likeness (QED) is 0.781. The molecule has 0 bridgehead atoms. The first-order valence-electron chi connectivity index (χ1n) is 6.48. The Labute approximate surface area is 113 Å². The molecule has 1 rings (SSSR count). The highest BCUT2D eigenvalue weighted by Gasteiger charge is 2.10. The molecule has 3 nitrogen and oxygen atoms in total. The molecule has 0 aliphatic rings. The highest BCUT2D eigenvalue weighted by molar-refractivity contribution is 9.10. The van der Waals surface area contributed by atoms with E-state index in [1.54, 1.807) is 0 Å². The topological polar surface area (TPSA) is 29.9 Å². The van der Waals surface area contributed by atoms with E-state index in [2.05, 4.69) is 51.8 Å². The number of aromatic nitrogens is 2. The average molecular weight is 302 g/mol. The molecule has 4 heteroatoms. The van der Waals surface area contributed by atoms with Gasteiger partial charge < -0.3 is 5.32 Å². The van der Waals surface area contributed by atoms with Crippen LogP contribution in [0.4, 0.5) is 0 Å². The predicted octanol–water partition coefficient (Wildman–Crippen LogP) is 3.50. The van der Waals surface area contributed by atoms with Crippen LogP contribution in [0.1, 0.15) is 45.0 Å². The van der Waals surface area contributed by atoms with Crippen molar-refractivity contribution < 1.29 is 0 Å². The molecule has 98 valence electrons. The van der Waals surface area contributed by atoms with Gasteiger partial charge in [0.05, 0.1) is 15.9 Å². The van der Waals surface area contributed by atoms with Crippen LogP contribution in [0, 0.1) is 12.8 Å². The summed E-state index contributed by atoms with van der Waals surface area (Å²) in [5.74, 6) is 0.798. The largest absolute Gasteiger partial charge is 0.311 e. The van der Waals surface area contributed by atoms with Crippen molar-refractivity contribution in [3.63, 3.8) is 0 Å². The van der Waals surface area contributed by atoms with E-state index in [-0.39, 0.29) is 0 Å². The van der Waals surface area contributed by atoms with Gasteiger partial charge in [-0.05, 0) is 55.1 Å². The Bertz CT molecular complexity index is 345. The molecular weight excluding hydrogens is 278 g/mol. The van der Waals surface area contributed by atoms with E-state index in [0.29, 0.717) is 0 Å². The van der Waals surface area contributed by atoms with Crippen LogP contribution in [0.3, 0.4) is 0 Å². The smallest absolute Gasteiger partial charge is 0.0739 e. The van der Waals surface area contributed by atoms with Crippen molar-refractivity contribution in [3.05, 3.63) is 15.9 Å². The highest BCUT2D eigenvalue weighted by atomic mass is 79.9. The summed E-state index contributed by atoms with van der Waals surface area (Å²) in [5, 5.41) is 7.98. The number of rotatable bonds is 7. The third-order valence-corrected chi connectivity index (χ3v) is 3.91. The molecule has 0 amide bonds. The van der Waals surface area contributed by atoms with Crippen LogP contribution in [0.25, 0.3) is 0 Å². The molecule has 1 N–H and O–H groups in total. The van der Waals surface area contributed by atoms with Crippen LogP contribution >= 0.6 is 15.9 Å². The van der Waals surface area contributed by atoms with Crippen molar-refractivity contribution in [3.8, 4) is 0 Å². The van der Waals surface area contributed by atoms with Crippen LogP contribution in [0.5, 0.6) is 0 Å². The van der Waals surface area contributed by atoms with Crippen LogP contribution < -0.4 is 5.32 Å². The van der Waals surface area contributed by atoms with Gasteiger partial charge >= 0.3 is 0 Å². The summed E-state index contributed by atoms with van der Waals surface area (Å²) < 4.78 is 3.21. The van der Waals surface area contributed by atoms with E-state index in [1.165, 1.54) is 18.5 Å². The number of nitrogens with zero attached hydrogens (tertiary/aromatic N) is 2. The minimum Gasteiger partial charge on any atom is -0.311 e. The van der Waals surface area contributed by atoms with Gasteiger partial charge in [0.25, 0.3) is 0 Å².